The summed E-state index contributed by atoms with van der Waals surface area (Å²) in [7, 11) is 1.81. The number of methoxy groups -OCH3 is 1. The molecule has 0 aromatic heterocycles. The molecular formula is C10H19NO2. The Morgan fingerprint density at radius 3 is 3.15 bits per heavy atom. The first-order valence-electron chi connectivity index (χ1n) is 5.22. The van der Waals surface area contributed by atoms with Crippen molar-refractivity contribution < 1.29 is 9.47 Å². The Balaban J connectivity index is 1.95. The van der Waals surface area contributed by atoms with Gasteiger partial charge < -0.3 is 14.8 Å². The van der Waals surface area contributed by atoms with Gasteiger partial charge in [-0.05, 0) is 19.3 Å². The highest BCUT2D eigenvalue weighted by molar-refractivity contribution is 4.92. The third-order valence-electron chi connectivity index (χ3n) is 3.23. The maximum absolute atomic E-state index is 5.90. The van der Waals surface area contributed by atoms with E-state index in [0.717, 1.165) is 26.1 Å². The zero-order valence-electron chi connectivity index (χ0n) is 8.34. The maximum atomic E-state index is 5.90. The topological polar surface area (TPSA) is 30.5 Å². The molecular weight excluding hydrogens is 166 g/mol. The summed E-state index contributed by atoms with van der Waals surface area (Å²) in [6.45, 7) is 2.86. The standard InChI is InChI=1S/C10H19NO2/c1-12-9-3-2-4-10(7-9)8-11-5-6-13-10/h9,11H,2-8H2,1H3. The third kappa shape index (κ3) is 2.03. The minimum Gasteiger partial charge on any atom is -0.381 e. The Hall–Kier alpha value is -0.120. The Morgan fingerprint density at radius 2 is 2.46 bits per heavy atom. The van der Waals surface area contributed by atoms with Crippen LogP contribution >= 0.6 is 0 Å². The fourth-order valence-corrected chi connectivity index (χ4v) is 2.47. The third-order valence-corrected chi connectivity index (χ3v) is 3.23. The number of hydrogen-bond acceptors (Lipinski definition) is 3. The lowest BCUT2D eigenvalue weighted by molar-refractivity contribution is -0.119. The molecule has 0 aromatic rings. The molecule has 1 N–H and O–H groups in total. The second-order valence-corrected chi connectivity index (χ2v) is 4.16. The molecule has 13 heavy (non-hydrogen) atoms. The van der Waals surface area contributed by atoms with E-state index in [1.165, 1.54) is 19.3 Å². The van der Waals surface area contributed by atoms with Crippen molar-refractivity contribution >= 4 is 0 Å². The lowest BCUT2D eigenvalue weighted by Gasteiger charge is -2.43. The van der Waals surface area contributed by atoms with Crippen LogP contribution in [0.5, 0.6) is 0 Å². The lowest BCUT2D eigenvalue weighted by atomic mass is 9.82. The largest absolute Gasteiger partial charge is 0.381 e. The minimum absolute atomic E-state index is 0.0944. The van der Waals surface area contributed by atoms with Crippen molar-refractivity contribution in [3.8, 4) is 0 Å². The average molecular weight is 185 g/mol. The molecule has 1 saturated carbocycles. The summed E-state index contributed by atoms with van der Waals surface area (Å²) in [6.07, 6.45) is 5.10. The number of hydrogen-bond donors (Lipinski definition) is 1. The van der Waals surface area contributed by atoms with E-state index in [9.17, 15) is 0 Å². The van der Waals surface area contributed by atoms with Gasteiger partial charge in [0.25, 0.3) is 0 Å². The highest BCUT2D eigenvalue weighted by Gasteiger charge is 2.38. The van der Waals surface area contributed by atoms with Crippen molar-refractivity contribution in [2.75, 3.05) is 26.8 Å². The van der Waals surface area contributed by atoms with Crippen LogP contribution in [0.3, 0.4) is 0 Å². The Labute approximate surface area is 79.8 Å². The van der Waals surface area contributed by atoms with Gasteiger partial charge in [-0.1, -0.05) is 0 Å². The zero-order valence-corrected chi connectivity index (χ0v) is 8.34. The van der Waals surface area contributed by atoms with Gasteiger partial charge in [0.1, 0.15) is 0 Å². The van der Waals surface area contributed by atoms with E-state index in [-0.39, 0.29) is 5.60 Å². The van der Waals surface area contributed by atoms with Crippen molar-refractivity contribution in [3.63, 3.8) is 0 Å². The predicted octanol–water partition coefficient (Wildman–Crippen LogP) is 0.934. The Morgan fingerprint density at radius 1 is 1.54 bits per heavy atom. The van der Waals surface area contributed by atoms with Gasteiger partial charge >= 0.3 is 0 Å². The van der Waals surface area contributed by atoms with E-state index >= 15 is 0 Å². The van der Waals surface area contributed by atoms with Crippen molar-refractivity contribution in [1.29, 1.82) is 0 Å². The number of nitrogens with one attached hydrogen (secondary N) is 1. The van der Waals surface area contributed by atoms with Crippen LogP contribution in [0, 0.1) is 0 Å². The summed E-state index contributed by atoms with van der Waals surface area (Å²) in [4.78, 5) is 0. The molecule has 2 fully saturated rings. The molecule has 1 aliphatic carbocycles. The van der Waals surface area contributed by atoms with Gasteiger partial charge in [0.2, 0.25) is 0 Å². The number of ether oxygens (including phenoxy) is 2. The van der Waals surface area contributed by atoms with Crippen LogP contribution in [0.15, 0.2) is 0 Å². The van der Waals surface area contributed by atoms with Gasteiger partial charge in [-0.25, -0.2) is 0 Å². The highest BCUT2D eigenvalue weighted by Crippen LogP contribution is 2.33. The van der Waals surface area contributed by atoms with E-state index in [4.69, 9.17) is 9.47 Å². The Bertz CT molecular complexity index is 161. The molecule has 3 nitrogen and oxygen atoms in total. The van der Waals surface area contributed by atoms with Crippen molar-refractivity contribution in [1.82, 2.24) is 5.32 Å². The molecule has 1 saturated heterocycles. The first kappa shape index (κ1) is 9.44. The molecule has 2 rings (SSSR count). The fourth-order valence-electron chi connectivity index (χ4n) is 2.47. The maximum Gasteiger partial charge on any atom is 0.0831 e. The quantitative estimate of drug-likeness (QED) is 0.659. The molecule has 0 aromatic carbocycles. The summed E-state index contributed by atoms with van der Waals surface area (Å²) in [6, 6.07) is 0. The van der Waals surface area contributed by atoms with Crippen molar-refractivity contribution in [2.24, 2.45) is 0 Å². The summed E-state index contributed by atoms with van der Waals surface area (Å²) in [5.74, 6) is 0. The number of morpholine rings is 1. The first-order chi connectivity index (χ1) is 6.35. The van der Waals surface area contributed by atoms with Gasteiger partial charge in [0.15, 0.2) is 0 Å². The van der Waals surface area contributed by atoms with Crippen LogP contribution in [0.1, 0.15) is 25.7 Å². The highest BCUT2D eigenvalue weighted by atomic mass is 16.5. The molecule has 0 radical (unpaired) electrons. The van der Waals surface area contributed by atoms with Crippen LogP contribution in [0.2, 0.25) is 0 Å². The molecule has 1 spiro atoms. The molecule has 3 heteroatoms. The van der Waals surface area contributed by atoms with E-state index < -0.39 is 0 Å². The molecule has 1 heterocycles. The van der Waals surface area contributed by atoms with E-state index in [2.05, 4.69) is 5.32 Å². The molecule has 0 amide bonds. The SMILES string of the molecule is COC1CCCC2(CNCCO2)C1. The fraction of sp³-hybridized carbons (Fsp3) is 1.00. The van der Waals surface area contributed by atoms with Crippen molar-refractivity contribution in [3.05, 3.63) is 0 Å². The smallest absolute Gasteiger partial charge is 0.0831 e. The van der Waals surface area contributed by atoms with Gasteiger partial charge in [-0.2, -0.15) is 0 Å². The second kappa shape index (κ2) is 3.95. The van der Waals surface area contributed by atoms with E-state index in [1.54, 1.807) is 7.11 Å². The lowest BCUT2D eigenvalue weighted by Crippen LogP contribution is -2.53. The predicted molar refractivity (Wildman–Crippen MR) is 50.8 cm³/mol. The normalized spacial score (nSPS) is 40.8. The monoisotopic (exact) mass is 185 g/mol. The van der Waals surface area contributed by atoms with Gasteiger partial charge in [0, 0.05) is 26.6 Å². The zero-order chi connectivity index (χ0) is 9.15. The summed E-state index contributed by atoms with van der Waals surface area (Å²) in [5.41, 5.74) is 0.0944. The van der Waals surface area contributed by atoms with Crippen LogP contribution in [-0.2, 0) is 9.47 Å². The van der Waals surface area contributed by atoms with Crippen LogP contribution in [0.4, 0.5) is 0 Å². The Kier molecular flexibility index (Phi) is 2.86. The van der Waals surface area contributed by atoms with Gasteiger partial charge in [-0.3, -0.25) is 0 Å². The van der Waals surface area contributed by atoms with Gasteiger partial charge in [-0.15, -0.1) is 0 Å². The average Bonchev–Trinajstić information content (AvgIpc) is 2.19. The van der Waals surface area contributed by atoms with Crippen molar-refractivity contribution in [2.45, 2.75) is 37.4 Å². The minimum atomic E-state index is 0.0944. The van der Waals surface area contributed by atoms with Gasteiger partial charge in [0.05, 0.1) is 18.3 Å². The molecule has 2 unspecified atom stereocenters. The molecule has 2 aliphatic rings. The summed E-state index contributed by atoms with van der Waals surface area (Å²) < 4.78 is 11.3. The van der Waals surface area contributed by atoms with Crippen LogP contribution < -0.4 is 5.32 Å². The summed E-state index contributed by atoms with van der Waals surface area (Å²) >= 11 is 0. The van der Waals surface area contributed by atoms with Crippen LogP contribution in [0.25, 0.3) is 0 Å². The van der Waals surface area contributed by atoms with Crippen LogP contribution in [-0.4, -0.2) is 38.5 Å². The molecule has 2 atom stereocenters. The molecule has 76 valence electrons. The second-order valence-electron chi connectivity index (χ2n) is 4.16. The number of rotatable bonds is 1. The molecule has 0 bridgehead atoms. The summed E-state index contributed by atoms with van der Waals surface area (Å²) in [5, 5.41) is 3.41. The van der Waals surface area contributed by atoms with E-state index in [0.29, 0.717) is 6.10 Å². The molecule has 1 aliphatic heterocycles. The first-order valence-corrected chi connectivity index (χ1v) is 5.22. The van der Waals surface area contributed by atoms with E-state index in [1.807, 2.05) is 0 Å².